The van der Waals surface area contributed by atoms with Crippen LogP contribution >= 0.6 is 0 Å². The molecular formula is C20H21FN4O2. The molecule has 0 atom stereocenters. The Labute approximate surface area is 156 Å². The Balaban J connectivity index is 1.46. The van der Waals surface area contributed by atoms with Crippen molar-refractivity contribution in [3.63, 3.8) is 0 Å². The summed E-state index contributed by atoms with van der Waals surface area (Å²) in [6.07, 6.45) is 2.22. The maximum Gasteiger partial charge on any atom is 0.259 e. The van der Waals surface area contributed by atoms with E-state index in [1.54, 1.807) is 18.2 Å². The van der Waals surface area contributed by atoms with Gasteiger partial charge in [0, 0.05) is 29.4 Å². The summed E-state index contributed by atoms with van der Waals surface area (Å²) < 4.78 is 21.0. The van der Waals surface area contributed by atoms with Crippen molar-refractivity contribution < 1.29 is 13.7 Å². The smallest absolute Gasteiger partial charge is 0.259 e. The monoisotopic (exact) mass is 368 g/mol. The zero-order chi connectivity index (χ0) is 19.0. The summed E-state index contributed by atoms with van der Waals surface area (Å²) in [5.41, 5.74) is 3.12. The predicted molar refractivity (Wildman–Crippen MR) is 97.4 cm³/mol. The van der Waals surface area contributed by atoms with Crippen LogP contribution in [0.25, 0.3) is 11.5 Å². The van der Waals surface area contributed by atoms with E-state index >= 15 is 0 Å². The summed E-state index contributed by atoms with van der Waals surface area (Å²) in [5, 5.41) is 6.82. The predicted octanol–water partition coefficient (Wildman–Crippen LogP) is 3.49. The fraction of sp³-hybridized carbons (Fsp3) is 0.350. The first-order valence-electron chi connectivity index (χ1n) is 9.03. The number of amides is 1. The molecule has 0 bridgehead atoms. The van der Waals surface area contributed by atoms with Crippen LogP contribution < -0.4 is 5.32 Å². The molecule has 0 unspecified atom stereocenters. The Morgan fingerprint density at radius 1 is 1.33 bits per heavy atom. The lowest BCUT2D eigenvalue weighted by molar-refractivity contribution is -0.121. The number of nitrogens with one attached hydrogen (secondary N) is 1. The first-order chi connectivity index (χ1) is 13.0. The summed E-state index contributed by atoms with van der Waals surface area (Å²) in [5.74, 6) is 1.17. The molecule has 1 saturated carbocycles. The number of aromatic nitrogens is 3. The minimum Gasteiger partial charge on any atom is -0.350 e. The van der Waals surface area contributed by atoms with E-state index in [9.17, 15) is 9.18 Å². The number of aryl methyl sites for hydroxylation is 1. The number of halogens is 1. The van der Waals surface area contributed by atoms with Gasteiger partial charge in [-0.3, -0.25) is 4.79 Å². The lowest BCUT2D eigenvalue weighted by Gasteiger charge is -2.10. The molecule has 2 heterocycles. The van der Waals surface area contributed by atoms with E-state index < -0.39 is 0 Å². The first kappa shape index (κ1) is 17.5. The zero-order valence-corrected chi connectivity index (χ0v) is 15.3. The van der Waals surface area contributed by atoms with Gasteiger partial charge in [0.15, 0.2) is 5.82 Å². The number of benzene rings is 1. The van der Waals surface area contributed by atoms with Gasteiger partial charge in [-0.25, -0.2) is 4.39 Å². The van der Waals surface area contributed by atoms with Gasteiger partial charge in [0.25, 0.3) is 5.89 Å². The molecule has 4 rings (SSSR count). The van der Waals surface area contributed by atoms with Gasteiger partial charge in [-0.15, -0.1) is 0 Å². The molecule has 27 heavy (non-hydrogen) atoms. The quantitative estimate of drug-likeness (QED) is 0.723. The van der Waals surface area contributed by atoms with Gasteiger partial charge in [-0.2, -0.15) is 4.98 Å². The van der Waals surface area contributed by atoms with E-state index in [-0.39, 0.29) is 24.8 Å². The number of carbonyl (C=O) groups excluding carboxylic acids is 1. The van der Waals surface area contributed by atoms with E-state index in [2.05, 4.69) is 15.5 Å². The molecule has 0 radical (unpaired) electrons. The topological polar surface area (TPSA) is 73.0 Å². The molecule has 0 spiro atoms. The highest BCUT2D eigenvalue weighted by atomic mass is 19.1. The molecule has 6 nitrogen and oxygen atoms in total. The van der Waals surface area contributed by atoms with Gasteiger partial charge >= 0.3 is 0 Å². The second kappa shape index (κ2) is 6.98. The maximum absolute atomic E-state index is 13.7. The van der Waals surface area contributed by atoms with Crippen molar-refractivity contribution in [3.8, 4) is 11.5 Å². The van der Waals surface area contributed by atoms with Crippen LogP contribution in [0.3, 0.4) is 0 Å². The minimum absolute atomic E-state index is 0.149. The van der Waals surface area contributed by atoms with Gasteiger partial charge in [-0.05, 0) is 38.8 Å². The van der Waals surface area contributed by atoms with Crippen LogP contribution in [0.5, 0.6) is 0 Å². The van der Waals surface area contributed by atoms with Crippen LogP contribution in [0, 0.1) is 19.7 Å². The van der Waals surface area contributed by atoms with Crippen LogP contribution in [0.2, 0.25) is 0 Å². The van der Waals surface area contributed by atoms with E-state index in [0.29, 0.717) is 17.4 Å². The van der Waals surface area contributed by atoms with Crippen LogP contribution in [-0.4, -0.2) is 20.6 Å². The summed E-state index contributed by atoms with van der Waals surface area (Å²) in [7, 11) is 0. The third-order valence-corrected chi connectivity index (χ3v) is 4.92. The van der Waals surface area contributed by atoms with Crippen molar-refractivity contribution in [1.29, 1.82) is 0 Å². The normalized spacial score (nSPS) is 13.7. The Bertz CT molecular complexity index is 988. The van der Waals surface area contributed by atoms with Crippen molar-refractivity contribution in [2.75, 3.05) is 0 Å². The summed E-state index contributed by atoms with van der Waals surface area (Å²) >= 11 is 0. The van der Waals surface area contributed by atoms with Crippen molar-refractivity contribution in [3.05, 3.63) is 58.9 Å². The van der Waals surface area contributed by atoms with E-state index in [4.69, 9.17) is 4.52 Å². The Morgan fingerprint density at radius 2 is 2.11 bits per heavy atom. The number of hydrogen-bond donors (Lipinski definition) is 1. The zero-order valence-electron chi connectivity index (χ0n) is 15.3. The molecule has 1 amide bonds. The highest BCUT2D eigenvalue weighted by Gasteiger charge is 2.29. The Hall–Kier alpha value is -2.96. The Morgan fingerprint density at radius 3 is 2.85 bits per heavy atom. The van der Waals surface area contributed by atoms with E-state index in [1.165, 1.54) is 6.07 Å². The van der Waals surface area contributed by atoms with E-state index in [0.717, 1.165) is 35.6 Å². The van der Waals surface area contributed by atoms with Crippen molar-refractivity contribution in [1.82, 2.24) is 20.0 Å². The van der Waals surface area contributed by atoms with Crippen molar-refractivity contribution in [2.45, 2.75) is 45.7 Å². The van der Waals surface area contributed by atoms with E-state index in [1.807, 2.05) is 24.5 Å². The SMILES string of the molecule is Cc1cc(-c2nc(C3CC3)no2)c(C)n1CC(=O)NCc1ccccc1F. The van der Waals surface area contributed by atoms with Gasteiger partial charge < -0.3 is 14.4 Å². The standard InChI is InChI=1S/C20H21FN4O2/c1-12-9-16(20-23-19(24-27-20)14-7-8-14)13(2)25(12)11-18(26)22-10-15-5-3-4-6-17(15)21/h3-6,9,14H,7-8,10-11H2,1-2H3,(H,22,26). The van der Waals surface area contributed by atoms with Crippen LogP contribution in [0.15, 0.2) is 34.9 Å². The molecule has 7 heteroatoms. The highest BCUT2D eigenvalue weighted by Crippen LogP contribution is 2.39. The molecule has 0 saturated heterocycles. The lowest BCUT2D eigenvalue weighted by Crippen LogP contribution is -2.28. The van der Waals surface area contributed by atoms with Gasteiger partial charge in [0.2, 0.25) is 5.91 Å². The van der Waals surface area contributed by atoms with Gasteiger partial charge in [-0.1, -0.05) is 23.4 Å². The largest absolute Gasteiger partial charge is 0.350 e. The minimum atomic E-state index is -0.323. The fourth-order valence-electron chi connectivity index (χ4n) is 3.15. The third-order valence-electron chi connectivity index (χ3n) is 4.92. The average molecular weight is 368 g/mol. The number of rotatable bonds is 6. The number of carbonyl (C=O) groups is 1. The second-order valence-corrected chi connectivity index (χ2v) is 6.97. The lowest BCUT2D eigenvalue weighted by atomic mass is 10.2. The molecule has 1 aliphatic rings. The van der Waals surface area contributed by atoms with Gasteiger partial charge in [0.1, 0.15) is 12.4 Å². The van der Waals surface area contributed by atoms with Crippen LogP contribution in [0.1, 0.15) is 41.5 Å². The number of nitrogens with zero attached hydrogens (tertiary/aromatic N) is 3. The maximum atomic E-state index is 13.7. The fourth-order valence-corrected chi connectivity index (χ4v) is 3.15. The molecular weight excluding hydrogens is 347 g/mol. The molecule has 140 valence electrons. The Kier molecular flexibility index (Phi) is 4.51. The molecule has 1 fully saturated rings. The summed E-state index contributed by atoms with van der Waals surface area (Å²) in [4.78, 5) is 16.8. The van der Waals surface area contributed by atoms with Crippen molar-refractivity contribution in [2.24, 2.45) is 0 Å². The molecule has 2 aromatic heterocycles. The van der Waals surface area contributed by atoms with Gasteiger partial charge in [0.05, 0.1) is 5.56 Å². The molecule has 1 aliphatic carbocycles. The third kappa shape index (κ3) is 3.63. The molecule has 1 aromatic carbocycles. The first-order valence-corrected chi connectivity index (χ1v) is 9.03. The molecule has 1 N–H and O–H groups in total. The highest BCUT2D eigenvalue weighted by molar-refractivity contribution is 5.76. The van der Waals surface area contributed by atoms with Crippen LogP contribution in [-0.2, 0) is 17.9 Å². The summed E-state index contributed by atoms with van der Waals surface area (Å²) in [6.45, 7) is 4.16. The second-order valence-electron chi connectivity index (χ2n) is 6.97. The molecule has 3 aromatic rings. The van der Waals surface area contributed by atoms with Crippen molar-refractivity contribution >= 4 is 5.91 Å². The van der Waals surface area contributed by atoms with Crippen LogP contribution in [0.4, 0.5) is 4.39 Å². The molecule has 0 aliphatic heterocycles. The summed E-state index contributed by atoms with van der Waals surface area (Å²) in [6, 6.07) is 8.36. The number of hydrogen-bond acceptors (Lipinski definition) is 4. The average Bonchev–Trinajstić information content (AvgIpc) is 3.33.